The smallest absolute Gasteiger partial charge is 0.272 e. The highest BCUT2D eigenvalue weighted by Gasteiger charge is 2.16. The largest absolute Gasteiger partial charge is 0.274 e. The Morgan fingerprint density at radius 1 is 1.08 bits per heavy atom. The van der Waals surface area contributed by atoms with Crippen molar-refractivity contribution >= 4 is 38.4 Å². The second-order valence-corrected chi connectivity index (χ2v) is 8.83. The number of benzene rings is 2. The van der Waals surface area contributed by atoms with Crippen molar-refractivity contribution in [3.63, 3.8) is 0 Å². The predicted molar refractivity (Wildman–Crippen MR) is 104 cm³/mol. The summed E-state index contributed by atoms with van der Waals surface area (Å²) in [5.74, 6) is 0. The zero-order valence-electron chi connectivity index (χ0n) is 14.0. The number of hydrogen-bond acceptors (Lipinski definition) is 5. The minimum atomic E-state index is -3.28. The van der Waals surface area contributed by atoms with Gasteiger partial charge in [-0.2, -0.15) is 5.10 Å². The average molecular weight is 407 g/mol. The van der Waals surface area contributed by atoms with Crippen molar-refractivity contribution in [1.29, 1.82) is 0 Å². The molecule has 0 unspecified atom stereocenters. The Morgan fingerprint density at radius 3 is 2.19 bits per heavy atom. The summed E-state index contributed by atoms with van der Waals surface area (Å²) in [5, 5.41) is 3.64. The number of nitrogens with zero attached hydrogens (tertiary/aromatic N) is 2. The maximum atomic E-state index is 11.6. The Kier molecular flexibility index (Phi) is 5.22. The lowest BCUT2D eigenvalue weighted by molar-refractivity contribution is 0.107. The summed E-state index contributed by atoms with van der Waals surface area (Å²) in [6.45, 7) is 0. The summed E-state index contributed by atoms with van der Waals surface area (Å²) in [5.41, 5.74) is 2.27. The van der Waals surface area contributed by atoms with Crippen molar-refractivity contribution in [2.24, 2.45) is 0 Å². The van der Waals surface area contributed by atoms with Crippen molar-refractivity contribution < 1.29 is 13.2 Å². The topological polar surface area (TPSA) is 69.0 Å². The van der Waals surface area contributed by atoms with Gasteiger partial charge >= 0.3 is 0 Å². The lowest BCUT2D eigenvalue weighted by atomic mass is 10.1. The van der Waals surface area contributed by atoms with Gasteiger partial charge in [-0.3, -0.25) is 4.79 Å². The van der Waals surface area contributed by atoms with Crippen molar-refractivity contribution in [1.82, 2.24) is 9.78 Å². The third-order valence-corrected chi connectivity index (χ3v) is 5.87. The van der Waals surface area contributed by atoms with Crippen LogP contribution in [0.3, 0.4) is 0 Å². The normalized spacial score (nSPS) is 11.5. The van der Waals surface area contributed by atoms with E-state index in [4.69, 9.17) is 11.6 Å². The number of carbonyl (C=O) groups is 1. The number of aromatic nitrogens is 2. The van der Waals surface area contributed by atoms with Gasteiger partial charge in [-0.1, -0.05) is 12.1 Å². The van der Waals surface area contributed by atoms with E-state index in [-0.39, 0.29) is 10.6 Å². The maximum absolute atomic E-state index is 11.6. The van der Waals surface area contributed by atoms with Crippen molar-refractivity contribution in [2.75, 3.05) is 12.5 Å². The Bertz CT molecular complexity index is 1060. The lowest BCUT2D eigenvalue weighted by Crippen LogP contribution is -2.01. The van der Waals surface area contributed by atoms with Crippen LogP contribution in [0.2, 0.25) is 0 Å². The molecule has 3 aromatic rings. The molecule has 0 aliphatic rings. The van der Waals surface area contributed by atoms with Crippen LogP contribution >= 0.6 is 23.4 Å². The first-order valence-corrected chi connectivity index (χ1v) is 11.0. The van der Waals surface area contributed by atoms with Crippen LogP contribution in [-0.2, 0) is 9.84 Å². The van der Waals surface area contributed by atoms with Crippen LogP contribution in [0.4, 0.5) is 0 Å². The van der Waals surface area contributed by atoms with Gasteiger partial charge in [0.15, 0.2) is 9.84 Å². The first kappa shape index (κ1) is 18.7. The lowest BCUT2D eigenvalue weighted by Gasteiger charge is -2.09. The molecule has 0 saturated heterocycles. The van der Waals surface area contributed by atoms with Crippen LogP contribution < -0.4 is 0 Å². The molecule has 1 aromatic heterocycles. The van der Waals surface area contributed by atoms with E-state index >= 15 is 0 Å². The molecule has 26 heavy (non-hydrogen) atoms. The number of rotatable bonds is 5. The molecule has 0 aliphatic carbocycles. The van der Waals surface area contributed by atoms with Gasteiger partial charge in [0, 0.05) is 16.7 Å². The third-order valence-electron chi connectivity index (χ3n) is 3.81. The number of thioether (sulfide) groups is 1. The molecule has 0 aliphatic heterocycles. The molecule has 8 heteroatoms. The second kappa shape index (κ2) is 7.26. The van der Waals surface area contributed by atoms with Crippen LogP contribution in [-0.4, -0.2) is 36.0 Å². The van der Waals surface area contributed by atoms with E-state index in [1.54, 1.807) is 34.6 Å². The van der Waals surface area contributed by atoms with Crippen LogP contribution in [0.25, 0.3) is 16.9 Å². The number of sulfone groups is 1. The van der Waals surface area contributed by atoms with E-state index in [1.807, 2.05) is 30.5 Å². The summed E-state index contributed by atoms with van der Waals surface area (Å²) < 4.78 is 24.9. The summed E-state index contributed by atoms with van der Waals surface area (Å²) in [4.78, 5) is 12.9. The van der Waals surface area contributed by atoms with E-state index in [0.29, 0.717) is 5.69 Å². The first-order valence-electron chi connectivity index (χ1n) is 7.54. The van der Waals surface area contributed by atoms with Gasteiger partial charge in [-0.15, -0.1) is 11.8 Å². The van der Waals surface area contributed by atoms with Gasteiger partial charge < -0.3 is 0 Å². The van der Waals surface area contributed by atoms with Gasteiger partial charge in [0.25, 0.3) is 5.24 Å². The zero-order valence-corrected chi connectivity index (χ0v) is 16.4. The van der Waals surface area contributed by atoms with Crippen LogP contribution in [0.5, 0.6) is 0 Å². The molecule has 0 atom stereocenters. The fraction of sp³-hybridized carbons (Fsp3) is 0.111. The molecule has 3 rings (SSSR count). The summed E-state index contributed by atoms with van der Waals surface area (Å²) in [6, 6.07) is 15.7. The molecular formula is C18H15ClN2O3S2. The molecule has 1 heterocycles. The molecule has 0 fully saturated rings. The van der Waals surface area contributed by atoms with E-state index in [2.05, 4.69) is 5.10 Å². The zero-order chi connectivity index (χ0) is 18.9. The highest BCUT2D eigenvalue weighted by Crippen LogP contribution is 2.27. The molecule has 0 radical (unpaired) electrons. The molecule has 2 aromatic carbocycles. The Hall–Kier alpha value is -2.09. The van der Waals surface area contributed by atoms with Crippen LogP contribution in [0, 0.1) is 0 Å². The molecule has 0 N–H and O–H groups in total. The highest BCUT2D eigenvalue weighted by atomic mass is 35.5. The van der Waals surface area contributed by atoms with Crippen molar-refractivity contribution in [3.8, 4) is 16.9 Å². The Balaban J connectivity index is 2.12. The summed E-state index contributed by atoms with van der Waals surface area (Å²) in [7, 11) is -3.28. The standard InChI is InChI=1S/C18H15ClN2O3S2/c1-25-14-7-5-13(6-8-14)21-17(11-16(20-21)18(19)22)12-3-9-15(10-4-12)26(2,23)24/h3-11H,1-2H3. The van der Waals surface area contributed by atoms with Crippen molar-refractivity contribution in [2.45, 2.75) is 9.79 Å². The third kappa shape index (κ3) is 3.85. The number of hydrogen-bond donors (Lipinski definition) is 0. The fourth-order valence-electron chi connectivity index (χ4n) is 2.48. The Morgan fingerprint density at radius 2 is 1.69 bits per heavy atom. The molecule has 0 bridgehead atoms. The van der Waals surface area contributed by atoms with Gasteiger partial charge in [0.1, 0.15) is 5.69 Å². The fourth-order valence-corrected chi connectivity index (χ4v) is 3.61. The second-order valence-electron chi connectivity index (χ2n) is 5.59. The molecule has 134 valence electrons. The van der Waals surface area contributed by atoms with Gasteiger partial charge in [-0.05, 0) is 60.3 Å². The van der Waals surface area contributed by atoms with E-state index < -0.39 is 15.1 Å². The molecular weight excluding hydrogens is 392 g/mol. The van der Waals surface area contributed by atoms with Crippen molar-refractivity contribution in [3.05, 3.63) is 60.3 Å². The number of carbonyl (C=O) groups excluding carboxylic acids is 1. The molecule has 0 saturated carbocycles. The van der Waals surface area contributed by atoms with Gasteiger partial charge in [0.05, 0.1) is 16.3 Å². The first-order chi connectivity index (χ1) is 12.3. The van der Waals surface area contributed by atoms with E-state index in [0.717, 1.165) is 22.4 Å². The highest BCUT2D eigenvalue weighted by molar-refractivity contribution is 7.98. The minimum Gasteiger partial charge on any atom is -0.274 e. The SMILES string of the molecule is CSc1ccc(-n2nc(C(=O)Cl)cc2-c2ccc(S(C)(=O)=O)cc2)cc1. The predicted octanol–water partition coefficient (Wildman–Crippen LogP) is 4.04. The Labute approximate surface area is 160 Å². The monoisotopic (exact) mass is 406 g/mol. The molecule has 5 nitrogen and oxygen atoms in total. The van der Waals surface area contributed by atoms with Crippen LogP contribution in [0.15, 0.2) is 64.4 Å². The molecule has 0 spiro atoms. The summed E-state index contributed by atoms with van der Waals surface area (Å²) >= 11 is 7.22. The van der Waals surface area contributed by atoms with Gasteiger partial charge in [-0.25, -0.2) is 13.1 Å². The average Bonchev–Trinajstić information content (AvgIpc) is 3.07. The van der Waals surface area contributed by atoms with Crippen LogP contribution in [0.1, 0.15) is 10.5 Å². The van der Waals surface area contributed by atoms with E-state index in [9.17, 15) is 13.2 Å². The summed E-state index contributed by atoms with van der Waals surface area (Å²) in [6.07, 6.45) is 3.14. The number of halogens is 1. The quantitative estimate of drug-likeness (QED) is 0.472. The van der Waals surface area contributed by atoms with E-state index in [1.165, 1.54) is 12.1 Å². The minimum absolute atomic E-state index is 0.128. The molecule has 0 amide bonds. The van der Waals surface area contributed by atoms with Gasteiger partial charge in [0.2, 0.25) is 0 Å². The maximum Gasteiger partial charge on any atom is 0.272 e.